The summed E-state index contributed by atoms with van der Waals surface area (Å²) in [6.07, 6.45) is 0.792. The van der Waals surface area contributed by atoms with Crippen molar-refractivity contribution < 1.29 is 9.50 Å². The standard InChI is InChI=1S/C9H17FO/c1-7(2)5-9(7,6-11)8(3,4)10/h11H,5-6H2,1-4H3. The largest absolute Gasteiger partial charge is 0.396 e. The van der Waals surface area contributed by atoms with Crippen molar-refractivity contribution in [3.8, 4) is 0 Å². The molecule has 1 aliphatic rings. The molecular formula is C9H17FO. The fourth-order valence-corrected chi connectivity index (χ4v) is 2.18. The van der Waals surface area contributed by atoms with Crippen molar-refractivity contribution >= 4 is 0 Å². The third-order valence-electron chi connectivity index (χ3n) is 3.32. The van der Waals surface area contributed by atoms with Crippen molar-refractivity contribution in [2.45, 2.75) is 39.8 Å². The molecule has 0 aromatic carbocycles. The van der Waals surface area contributed by atoms with Crippen LogP contribution >= 0.6 is 0 Å². The van der Waals surface area contributed by atoms with Crippen LogP contribution in [0.4, 0.5) is 4.39 Å². The molecule has 1 aliphatic carbocycles. The fourth-order valence-electron chi connectivity index (χ4n) is 2.18. The molecular weight excluding hydrogens is 143 g/mol. The second-order valence-corrected chi connectivity index (χ2v) is 4.77. The normalized spacial score (nSPS) is 35.5. The van der Waals surface area contributed by atoms with Crippen LogP contribution in [-0.4, -0.2) is 17.4 Å². The zero-order chi connectivity index (χ0) is 8.91. The van der Waals surface area contributed by atoms with Gasteiger partial charge in [0.05, 0.1) is 6.61 Å². The van der Waals surface area contributed by atoms with Crippen LogP contribution in [0.5, 0.6) is 0 Å². The smallest absolute Gasteiger partial charge is 0.113 e. The molecule has 1 nitrogen and oxygen atoms in total. The number of halogens is 1. The first-order valence-electron chi connectivity index (χ1n) is 4.07. The van der Waals surface area contributed by atoms with E-state index in [1.54, 1.807) is 13.8 Å². The van der Waals surface area contributed by atoms with Crippen LogP contribution in [-0.2, 0) is 0 Å². The average Bonchev–Trinajstić information content (AvgIpc) is 2.33. The van der Waals surface area contributed by atoms with E-state index in [1.165, 1.54) is 0 Å². The number of rotatable bonds is 2. The predicted octanol–water partition coefficient (Wildman–Crippen LogP) is 2.14. The Labute approximate surface area is 67.6 Å². The molecule has 0 heterocycles. The number of alkyl halides is 1. The quantitative estimate of drug-likeness (QED) is 0.656. The maximum Gasteiger partial charge on any atom is 0.113 e. The van der Waals surface area contributed by atoms with Gasteiger partial charge in [0.15, 0.2) is 0 Å². The van der Waals surface area contributed by atoms with Gasteiger partial charge in [-0.3, -0.25) is 0 Å². The molecule has 0 bridgehead atoms. The summed E-state index contributed by atoms with van der Waals surface area (Å²) in [6.45, 7) is 7.08. The van der Waals surface area contributed by atoms with E-state index in [0.29, 0.717) is 0 Å². The second-order valence-electron chi connectivity index (χ2n) is 4.77. The molecule has 0 aliphatic heterocycles. The van der Waals surface area contributed by atoms with Gasteiger partial charge in [-0.1, -0.05) is 13.8 Å². The Balaban J connectivity index is 2.84. The lowest BCUT2D eigenvalue weighted by Crippen LogP contribution is -2.34. The van der Waals surface area contributed by atoms with Crippen LogP contribution in [0.1, 0.15) is 34.1 Å². The molecule has 1 N–H and O–H groups in total. The number of hydrogen-bond acceptors (Lipinski definition) is 1. The molecule has 11 heavy (non-hydrogen) atoms. The molecule has 1 fully saturated rings. The molecule has 66 valence electrons. The Bertz CT molecular complexity index is 169. The van der Waals surface area contributed by atoms with E-state index < -0.39 is 11.1 Å². The summed E-state index contributed by atoms with van der Waals surface area (Å²) in [6, 6.07) is 0. The summed E-state index contributed by atoms with van der Waals surface area (Å²) in [5.74, 6) is 0. The first-order valence-corrected chi connectivity index (χ1v) is 4.07. The minimum Gasteiger partial charge on any atom is -0.396 e. The van der Waals surface area contributed by atoms with E-state index in [4.69, 9.17) is 5.11 Å². The van der Waals surface area contributed by atoms with Crippen molar-refractivity contribution in [2.24, 2.45) is 10.8 Å². The average molecular weight is 160 g/mol. The van der Waals surface area contributed by atoms with Crippen LogP contribution in [0.25, 0.3) is 0 Å². The van der Waals surface area contributed by atoms with Crippen LogP contribution in [0.15, 0.2) is 0 Å². The van der Waals surface area contributed by atoms with Gasteiger partial charge in [0.1, 0.15) is 5.67 Å². The van der Waals surface area contributed by atoms with Crippen molar-refractivity contribution in [2.75, 3.05) is 6.61 Å². The molecule has 0 aromatic heterocycles. The number of hydrogen-bond donors (Lipinski definition) is 1. The van der Waals surface area contributed by atoms with Gasteiger partial charge in [-0.15, -0.1) is 0 Å². The van der Waals surface area contributed by atoms with Crippen LogP contribution < -0.4 is 0 Å². The van der Waals surface area contributed by atoms with Gasteiger partial charge in [-0.05, 0) is 25.7 Å². The van der Waals surface area contributed by atoms with E-state index in [1.807, 2.05) is 13.8 Å². The van der Waals surface area contributed by atoms with E-state index in [9.17, 15) is 4.39 Å². The topological polar surface area (TPSA) is 20.2 Å². The minimum absolute atomic E-state index is 0.0278. The van der Waals surface area contributed by atoms with Crippen molar-refractivity contribution in [1.29, 1.82) is 0 Å². The van der Waals surface area contributed by atoms with Gasteiger partial charge in [0, 0.05) is 5.41 Å². The molecule has 1 atom stereocenters. The molecule has 0 spiro atoms. The summed E-state index contributed by atoms with van der Waals surface area (Å²) in [7, 11) is 0. The molecule has 1 unspecified atom stereocenters. The lowest BCUT2D eigenvalue weighted by Gasteiger charge is -2.28. The first-order chi connectivity index (χ1) is 4.77. The maximum absolute atomic E-state index is 13.6. The molecule has 1 rings (SSSR count). The molecule has 0 radical (unpaired) electrons. The third kappa shape index (κ3) is 0.994. The lowest BCUT2D eigenvalue weighted by molar-refractivity contribution is 0.0276. The molecule has 0 amide bonds. The van der Waals surface area contributed by atoms with E-state index in [2.05, 4.69) is 0 Å². The van der Waals surface area contributed by atoms with Crippen LogP contribution in [0.2, 0.25) is 0 Å². The van der Waals surface area contributed by atoms with E-state index >= 15 is 0 Å². The summed E-state index contributed by atoms with van der Waals surface area (Å²) < 4.78 is 13.6. The Hall–Kier alpha value is -0.110. The van der Waals surface area contributed by atoms with Gasteiger partial charge in [0.2, 0.25) is 0 Å². The maximum atomic E-state index is 13.6. The number of aliphatic hydroxyl groups excluding tert-OH is 1. The van der Waals surface area contributed by atoms with Crippen LogP contribution in [0.3, 0.4) is 0 Å². The summed E-state index contributed by atoms with van der Waals surface area (Å²) >= 11 is 0. The summed E-state index contributed by atoms with van der Waals surface area (Å²) in [5, 5.41) is 9.09. The fraction of sp³-hybridized carbons (Fsp3) is 1.00. The zero-order valence-electron chi connectivity index (χ0n) is 7.74. The van der Waals surface area contributed by atoms with Crippen molar-refractivity contribution in [3.05, 3.63) is 0 Å². The summed E-state index contributed by atoms with van der Waals surface area (Å²) in [5.41, 5.74) is -1.77. The van der Waals surface area contributed by atoms with Gasteiger partial charge < -0.3 is 5.11 Å². The highest BCUT2D eigenvalue weighted by molar-refractivity contribution is 5.16. The van der Waals surface area contributed by atoms with Gasteiger partial charge >= 0.3 is 0 Å². The number of aliphatic hydroxyl groups is 1. The Kier molecular flexibility index (Phi) is 1.61. The Morgan fingerprint density at radius 2 is 1.82 bits per heavy atom. The van der Waals surface area contributed by atoms with Gasteiger partial charge in [0.25, 0.3) is 0 Å². The summed E-state index contributed by atoms with van der Waals surface area (Å²) in [4.78, 5) is 0. The highest BCUT2D eigenvalue weighted by Gasteiger charge is 2.68. The monoisotopic (exact) mass is 160 g/mol. The Morgan fingerprint density at radius 1 is 1.45 bits per heavy atom. The highest BCUT2D eigenvalue weighted by atomic mass is 19.1. The minimum atomic E-state index is -1.26. The van der Waals surface area contributed by atoms with Crippen molar-refractivity contribution in [3.63, 3.8) is 0 Å². The predicted molar refractivity (Wildman–Crippen MR) is 43.1 cm³/mol. The van der Waals surface area contributed by atoms with Crippen molar-refractivity contribution in [1.82, 2.24) is 0 Å². The van der Waals surface area contributed by atoms with Crippen LogP contribution in [0, 0.1) is 10.8 Å². The third-order valence-corrected chi connectivity index (χ3v) is 3.32. The molecule has 0 saturated heterocycles. The highest BCUT2D eigenvalue weighted by Crippen LogP contribution is 2.69. The van der Waals surface area contributed by atoms with E-state index in [0.717, 1.165) is 6.42 Å². The van der Waals surface area contributed by atoms with E-state index in [-0.39, 0.29) is 12.0 Å². The molecule has 1 saturated carbocycles. The SMILES string of the molecule is CC(C)(F)C1(CO)CC1(C)C. The Morgan fingerprint density at radius 3 is 1.82 bits per heavy atom. The lowest BCUT2D eigenvalue weighted by atomic mass is 9.83. The molecule has 2 heteroatoms. The molecule has 0 aromatic rings. The van der Waals surface area contributed by atoms with Gasteiger partial charge in [-0.2, -0.15) is 0 Å². The first kappa shape index (κ1) is 8.98. The zero-order valence-corrected chi connectivity index (χ0v) is 7.74. The second kappa shape index (κ2) is 1.98. The van der Waals surface area contributed by atoms with Gasteiger partial charge in [-0.25, -0.2) is 4.39 Å².